The van der Waals surface area contributed by atoms with Gasteiger partial charge in [0, 0.05) is 38.3 Å². The van der Waals surface area contributed by atoms with Crippen molar-refractivity contribution < 1.29 is 28.2 Å². The highest BCUT2D eigenvalue weighted by molar-refractivity contribution is 7.11. The van der Waals surface area contributed by atoms with Crippen molar-refractivity contribution in [3.63, 3.8) is 0 Å². The molecule has 3 rings (SSSR count). The van der Waals surface area contributed by atoms with Gasteiger partial charge in [-0.3, -0.25) is 5.32 Å². The number of anilines is 1. The number of nitrogens with zero attached hydrogens (tertiary/aromatic N) is 3. The fourth-order valence-electron chi connectivity index (χ4n) is 3.53. The number of nitrogens with one attached hydrogen (secondary N) is 2. The first-order valence-corrected chi connectivity index (χ1v) is 12.3. The van der Waals surface area contributed by atoms with Crippen LogP contribution in [0.4, 0.5) is 18.6 Å². The van der Waals surface area contributed by atoms with E-state index in [2.05, 4.69) is 31.9 Å². The van der Waals surface area contributed by atoms with Crippen LogP contribution in [0.2, 0.25) is 5.02 Å². The molecule has 2 aromatic rings. The number of piperazine rings is 1. The maximum absolute atomic E-state index is 13.9. The summed E-state index contributed by atoms with van der Waals surface area (Å²) in [6, 6.07) is 1.10. The van der Waals surface area contributed by atoms with Gasteiger partial charge in [0.05, 0.1) is 5.02 Å². The predicted octanol–water partition coefficient (Wildman–Crippen LogP) is 3.89. The van der Waals surface area contributed by atoms with Crippen LogP contribution >= 0.6 is 23.1 Å². The topological polar surface area (TPSA) is 107 Å². The minimum atomic E-state index is -1.38. The second-order valence-electron chi connectivity index (χ2n) is 8.23. The zero-order chi connectivity index (χ0) is 25.4. The van der Waals surface area contributed by atoms with Crippen LogP contribution in [0, 0.1) is 11.6 Å². The molecule has 2 heterocycles. The monoisotopic (exact) mass is 531 g/mol. The first-order valence-electron chi connectivity index (χ1n) is 11.2. The van der Waals surface area contributed by atoms with Gasteiger partial charge in [0.1, 0.15) is 23.2 Å². The third kappa shape index (κ3) is 7.99. The van der Waals surface area contributed by atoms with Crippen molar-refractivity contribution in [2.24, 2.45) is 0 Å². The molecule has 0 bridgehead atoms. The molecule has 1 saturated heterocycles. The van der Waals surface area contributed by atoms with Gasteiger partial charge in [0.15, 0.2) is 5.56 Å². The number of carbonyl (C=O) groups is 2. The van der Waals surface area contributed by atoms with Crippen LogP contribution in [-0.2, 0) is 6.61 Å². The number of rotatable bonds is 11. The molecule has 0 atom stereocenters. The Labute approximate surface area is 211 Å². The molecule has 0 spiro atoms. The van der Waals surface area contributed by atoms with Crippen LogP contribution in [0.3, 0.4) is 0 Å². The number of aromatic carboxylic acids is 1. The minimum absolute atomic E-state index is 0.0252. The average Bonchev–Trinajstić information content (AvgIpc) is 3.21. The first-order chi connectivity index (χ1) is 16.7. The van der Waals surface area contributed by atoms with E-state index < -0.39 is 30.2 Å². The Morgan fingerprint density at radius 3 is 2.63 bits per heavy atom. The number of halogens is 3. The maximum Gasteiger partial charge on any atom is 0.344 e. The van der Waals surface area contributed by atoms with E-state index >= 15 is 0 Å². The van der Waals surface area contributed by atoms with E-state index in [4.69, 9.17) is 16.3 Å². The molecular weight excluding hydrogens is 504 g/mol. The second kappa shape index (κ2) is 13.0. The van der Waals surface area contributed by atoms with E-state index in [-0.39, 0.29) is 27.0 Å². The van der Waals surface area contributed by atoms with Crippen LogP contribution in [0.15, 0.2) is 12.1 Å². The number of ether oxygens (including phenoxy) is 1. The fourth-order valence-corrected chi connectivity index (χ4v) is 4.40. The van der Waals surface area contributed by atoms with Crippen molar-refractivity contribution in [2.45, 2.75) is 25.9 Å². The van der Waals surface area contributed by atoms with Gasteiger partial charge in [0.25, 0.3) is 0 Å². The molecule has 0 saturated carbocycles. The highest BCUT2D eigenvalue weighted by Crippen LogP contribution is 2.31. The Morgan fingerprint density at radius 1 is 1.17 bits per heavy atom. The Kier molecular flexibility index (Phi) is 10.0. The molecule has 0 radical (unpaired) electrons. The normalized spacial score (nSPS) is 14.6. The number of aromatic nitrogens is 1. The minimum Gasteiger partial charge on any atom is -0.477 e. The summed E-state index contributed by atoms with van der Waals surface area (Å²) in [6.07, 6.45) is 2.81. The van der Waals surface area contributed by atoms with Gasteiger partial charge in [0.2, 0.25) is 5.88 Å². The summed E-state index contributed by atoms with van der Waals surface area (Å²) in [7, 11) is 2.12. The molecule has 192 valence electrons. The van der Waals surface area contributed by atoms with Crippen molar-refractivity contribution in [1.29, 1.82) is 0 Å². The molecule has 9 nitrogen and oxygen atoms in total. The van der Waals surface area contributed by atoms with Crippen molar-refractivity contribution in [2.75, 3.05) is 51.6 Å². The largest absolute Gasteiger partial charge is 0.477 e. The number of carboxylic acids is 1. The van der Waals surface area contributed by atoms with Gasteiger partial charge in [-0.25, -0.2) is 18.4 Å². The molecule has 13 heteroatoms. The number of likely N-dealkylation sites (N-methyl/N-ethyl adjacent to an activating group) is 1. The molecule has 2 amide bonds. The number of amides is 2. The number of benzene rings is 1. The number of carboxylic acid groups (broad SMARTS) is 1. The van der Waals surface area contributed by atoms with Crippen LogP contribution in [0.1, 0.15) is 35.2 Å². The Balaban J connectivity index is 1.43. The van der Waals surface area contributed by atoms with Crippen LogP contribution in [-0.4, -0.2) is 77.6 Å². The molecule has 0 aliphatic carbocycles. The molecule has 35 heavy (non-hydrogen) atoms. The lowest BCUT2D eigenvalue weighted by molar-refractivity contribution is 0.0693. The van der Waals surface area contributed by atoms with Crippen molar-refractivity contribution >= 4 is 40.1 Å². The van der Waals surface area contributed by atoms with Crippen LogP contribution in [0.25, 0.3) is 0 Å². The second-order valence-corrected chi connectivity index (χ2v) is 9.41. The zero-order valence-electron chi connectivity index (χ0n) is 19.3. The SMILES string of the molecule is CN1CCN(CCCCCNC(=O)Nc2snc(OCc3cc(F)c(Cl)cc3F)c2C(=O)O)CC1. The quantitative estimate of drug-likeness (QED) is 0.298. The van der Waals surface area contributed by atoms with E-state index in [9.17, 15) is 23.5 Å². The summed E-state index contributed by atoms with van der Waals surface area (Å²) in [6.45, 7) is 5.34. The number of carbonyl (C=O) groups excluding carboxylic acids is 1. The molecule has 0 unspecified atom stereocenters. The Morgan fingerprint density at radius 2 is 1.91 bits per heavy atom. The summed E-state index contributed by atoms with van der Waals surface area (Å²) in [5.74, 6) is -3.32. The summed E-state index contributed by atoms with van der Waals surface area (Å²) < 4.78 is 36.7. The standard InChI is InChI=1S/C22H28ClF2N5O4S/c1-29-7-9-30(10-8-29)6-4-2-3-5-26-22(33)27-20-18(21(31)32)19(28-35-20)34-13-14-11-17(25)15(23)12-16(14)24/h11-12H,2-10,13H2,1H3,(H,31,32)(H2,26,27,33). The molecule has 1 aromatic carbocycles. The first kappa shape index (κ1) is 27.1. The van der Waals surface area contributed by atoms with E-state index in [0.717, 1.165) is 64.1 Å². The number of unbranched alkanes of at least 4 members (excludes halogenated alkanes) is 2. The third-order valence-electron chi connectivity index (χ3n) is 5.59. The van der Waals surface area contributed by atoms with Crippen molar-refractivity contribution in [3.8, 4) is 5.88 Å². The zero-order valence-corrected chi connectivity index (χ0v) is 20.9. The fraction of sp³-hybridized carbons (Fsp3) is 0.500. The lowest BCUT2D eigenvalue weighted by atomic mass is 10.2. The highest BCUT2D eigenvalue weighted by atomic mass is 35.5. The van der Waals surface area contributed by atoms with Gasteiger partial charge < -0.3 is 25.0 Å². The van der Waals surface area contributed by atoms with E-state index in [0.29, 0.717) is 18.1 Å². The number of hydrogen-bond acceptors (Lipinski definition) is 7. The number of urea groups is 1. The number of hydrogen-bond donors (Lipinski definition) is 3. The summed E-state index contributed by atoms with van der Waals surface area (Å²) >= 11 is 6.24. The smallest absolute Gasteiger partial charge is 0.344 e. The van der Waals surface area contributed by atoms with Gasteiger partial charge >= 0.3 is 12.0 Å². The summed E-state index contributed by atoms with van der Waals surface area (Å²) in [4.78, 5) is 28.7. The van der Waals surface area contributed by atoms with Crippen LogP contribution in [0.5, 0.6) is 5.88 Å². The van der Waals surface area contributed by atoms with Crippen LogP contribution < -0.4 is 15.4 Å². The van der Waals surface area contributed by atoms with E-state index in [1.165, 1.54) is 0 Å². The maximum atomic E-state index is 13.9. The van der Waals surface area contributed by atoms with Crippen molar-refractivity contribution in [3.05, 3.63) is 39.9 Å². The van der Waals surface area contributed by atoms with Gasteiger partial charge in [-0.05, 0) is 50.1 Å². The lowest BCUT2D eigenvalue weighted by Gasteiger charge is -2.32. The average molecular weight is 532 g/mol. The lowest BCUT2D eigenvalue weighted by Crippen LogP contribution is -2.44. The summed E-state index contributed by atoms with van der Waals surface area (Å²) in [5, 5.41) is 14.3. The van der Waals surface area contributed by atoms with Gasteiger partial charge in [-0.1, -0.05) is 18.0 Å². The Hall–Kier alpha value is -2.54. The van der Waals surface area contributed by atoms with E-state index in [1.54, 1.807) is 0 Å². The molecular formula is C22H28ClF2N5O4S. The van der Waals surface area contributed by atoms with Crippen molar-refractivity contribution in [1.82, 2.24) is 19.5 Å². The summed E-state index contributed by atoms with van der Waals surface area (Å²) in [5.41, 5.74) is -0.525. The molecule has 3 N–H and O–H groups in total. The highest BCUT2D eigenvalue weighted by Gasteiger charge is 2.24. The molecule has 1 fully saturated rings. The predicted molar refractivity (Wildman–Crippen MR) is 130 cm³/mol. The molecule has 1 aliphatic rings. The third-order valence-corrected chi connectivity index (χ3v) is 6.62. The molecule has 1 aliphatic heterocycles. The van der Waals surface area contributed by atoms with Gasteiger partial charge in [-0.2, -0.15) is 4.37 Å². The van der Waals surface area contributed by atoms with Gasteiger partial charge in [-0.15, -0.1) is 0 Å². The Bertz CT molecular complexity index is 1030. The van der Waals surface area contributed by atoms with E-state index in [1.807, 2.05) is 0 Å². The molecule has 1 aromatic heterocycles.